The zero-order valence-corrected chi connectivity index (χ0v) is 14.4. The molecule has 0 aliphatic rings. The van der Waals surface area contributed by atoms with Crippen molar-refractivity contribution in [1.29, 1.82) is 5.26 Å². The van der Waals surface area contributed by atoms with Crippen molar-refractivity contribution < 1.29 is 9.53 Å². The predicted octanol–water partition coefficient (Wildman–Crippen LogP) is 3.55. The summed E-state index contributed by atoms with van der Waals surface area (Å²) in [5.41, 5.74) is 8.03. The van der Waals surface area contributed by atoms with E-state index in [1.165, 1.54) is 13.3 Å². The van der Waals surface area contributed by atoms with E-state index >= 15 is 0 Å². The summed E-state index contributed by atoms with van der Waals surface area (Å²) in [6.07, 6.45) is 1.52. The van der Waals surface area contributed by atoms with E-state index in [-0.39, 0.29) is 16.9 Å². The molecule has 2 N–H and O–H groups in total. The first-order chi connectivity index (χ1) is 9.90. The molecule has 2 rings (SSSR count). The topological polar surface area (TPSA) is 81.0 Å². The standard InChI is InChI=1S/C14H11Br2N3O2/c1-7-3-11(10(16)4-9(7)15)19-6-8(5-17)12(18)13(19)14(20)21-2/h3-4,6H,18H2,1-2H3. The van der Waals surface area contributed by atoms with Gasteiger partial charge in [0.25, 0.3) is 0 Å². The summed E-state index contributed by atoms with van der Waals surface area (Å²) in [6.45, 7) is 1.93. The van der Waals surface area contributed by atoms with Crippen LogP contribution in [-0.2, 0) is 4.74 Å². The minimum Gasteiger partial charge on any atom is -0.464 e. The van der Waals surface area contributed by atoms with Crippen molar-refractivity contribution in [2.24, 2.45) is 0 Å². The van der Waals surface area contributed by atoms with Gasteiger partial charge in [0.05, 0.1) is 24.0 Å². The van der Waals surface area contributed by atoms with Crippen molar-refractivity contribution in [2.45, 2.75) is 6.92 Å². The SMILES string of the molecule is COC(=O)c1c(N)c(C#N)cn1-c1cc(C)c(Br)cc1Br. The van der Waals surface area contributed by atoms with Crippen LogP contribution in [-0.4, -0.2) is 17.6 Å². The van der Waals surface area contributed by atoms with Crippen LogP contribution in [0.3, 0.4) is 0 Å². The number of hydrogen-bond donors (Lipinski definition) is 1. The molecule has 0 atom stereocenters. The Kier molecular flexibility index (Phi) is 4.40. The van der Waals surface area contributed by atoms with Gasteiger partial charge in [-0.05, 0) is 40.5 Å². The summed E-state index contributed by atoms with van der Waals surface area (Å²) < 4.78 is 8.00. The second-order valence-corrected chi connectivity index (χ2v) is 6.04. The largest absolute Gasteiger partial charge is 0.464 e. The Balaban J connectivity index is 2.78. The number of halogens is 2. The molecule has 21 heavy (non-hydrogen) atoms. The molecule has 0 aliphatic carbocycles. The van der Waals surface area contributed by atoms with Crippen molar-refractivity contribution in [3.05, 3.63) is 44.1 Å². The summed E-state index contributed by atoms with van der Waals surface area (Å²) in [4.78, 5) is 12.0. The molecule has 0 saturated heterocycles. The highest BCUT2D eigenvalue weighted by molar-refractivity contribution is 9.11. The second kappa shape index (κ2) is 5.92. The van der Waals surface area contributed by atoms with Gasteiger partial charge in [-0.2, -0.15) is 5.26 Å². The molecule has 0 aliphatic heterocycles. The lowest BCUT2D eigenvalue weighted by molar-refractivity contribution is 0.0593. The van der Waals surface area contributed by atoms with Crippen LogP contribution in [0.15, 0.2) is 27.3 Å². The van der Waals surface area contributed by atoms with Gasteiger partial charge in [0.1, 0.15) is 6.07 Å². The first-order valence-electron chi connectivity index (χ1n) is 5.86. The number of benzene rings is 1. The number of ether oxygens (including phenoxy) is 1. The number of nitriles is 1. The highest BCUT2D eigenvalue weighted by Crippen LogP contribution is 2.32. The van der Waals surface area contributed by atoms with E-state index in [4.69, 9.17) is 15.7 Å². The van der Waals surface area contributed by atoms with E-state index in [1.807, 2.05) is 25.1 Å². The lowest BCUT2D eigenvalue weighted by Gasteiger charge is -2.12. The van der Waals surface area contributed by atoms with E-state index in [0.717, 1.165) is 14.5 Å². The smallest absolute Gasteiger partial charge is 0.357 e. The number of nitrogens with two attached hydrogens (primary N) is 1. The lowest BCUT2D eigenvalue weighted by Crippen LogP contribution is -2.11. The number of aromatic nitrogens is 1. The Morgan fingerprint density at radius 3 is 2.62 bits per heavy atom. The number of esters is 1. The molecule has 0 bridgehead atoms. The average Bonchev–Trinajstić information content (AvgIpc) is 2.78. The summed E-state index contributed by atoms with van der Waals surface area (Å²) in [5, 5.41) is 9.11. The van der Waals surface area contributed by atoms with E-state index in [0.29, 0.717) is 5.69 Å². The number of hydrogen-bond acceptors (Lipinski definition) is 4. The minimum absolute atomic E-state index is 0.108. The zero-order chi connectivity index (χ0) is 15.7. The summed E-state index contributed by atoms with van der Waals surface area (Å²) in [6, 6.07) is 5.72. The van der Waals surface area contributed by atoms with Crippen LogP contribution in [0.5, 0.6) is 0 Å². The van der Waals surface area contributed by atoms with Gasteiger partial charge in [0.15, 0.2) is 5.69 Å². The first kappa shape index (κ1) is 15.6. The third-order valence-corrected chi connectivity index (χ3v) is 4.52. The van der Waals surface area contributed by atoms with Gasteiger partial charge in [-0.3, -0.25) is 0 Å². The molecule has 0 radical (unpaired) electrons. The van der Waals surface area contributed by atoms with Crippen molar-refractivity contribution in [3.63, 3.8) is 0 Å². The van der Waals surface area contributed by atoms with E-state index in [2.05, 4.69) is 31.9 Å². The molecular formula is C14H11Br2N3O2. The van der Waals surface area contributed by atoms with Crippen molar-refractivity contribution in [1.82, 2.24) is 4.57 Å². The molecular weight excluding hydrogens is 402 g/mol. The Morgan fingerprint density at radius 1 is 1.38 bits per heavy atom. The Hall–Kier alpha value is -1.78. The van der Waals surface area contributed by atoms with Gasteiger partial charge >= 0.3 is 5.97 Å². The van der Waals surface area contributed by atoms with Crippen LogP contribution in [0.1, 0.15) is 21.6 Å². The van der Waals surface area contributed by atoms with Gasteiger partial charge in [0.2, 0.25) is 0 Å². The normalized spacial score (nSPS) is 10.2. The van der Waals surface area contributed by atoms with Crippen molar-refractivity contribution >= 4 is 43.5 Å². The molecule has 0 fully saturated rings. The van der Waals surface area contributed by atoms with Crippen LogP contribution in [0, 0.1) is 18.3 Å². The van der Waals surface area contributed by atoms with E-state index in [1.54, 1.807) is 4.57 Å². The van der Waals surface area contributed by atoms with Gasteiger partial charge in [-0.1, -0.05) is 15.9 Å². The third-order valence-electron chi connectivity index (χ3n) is 3.03. The lowest BCUT2D eigenvalue weighted by atomic mass is 10.2. The van der Waals surface area contributed by atoms with E-state index < -0.39 is 5.97 Å². The third kappa shape index (κ3) is 2.69. The zero-order valence-electron chi connectivity index (χ0n) is 11.3. The molecule has 1 aromatic carbocycles. The molecule has 0 amide bonds. The molecule has 108 valence electrons. The molecule has 2 aromatic rings. The fourth-order valence-electron chi connectivity index (χ4n) is 1.93. The number of carbonyl (C=O) groups excluding carboxylic acids is 1. The van der Waals surface area contributed by atoms with Gasteiger partial charge in [-0.15, -0.1) is 0 Å². The Bertz CT molecular complexity index is 776. The molecule has 7 heteroatoms. The number of aryl methyl sites for hydroxylation is 1. The molecule has 0 spiro atoms. The van der Waals surface area contributed by atoms with Gasteiger partial charge < -0.3 is 15.0 Å². The summed E-state index contributed by atoms with van der Waals surface area (Å²) in [7, 11) is 1.27. The molecule has 0 saturated carbocycles. The van der Waals surface area contributed by atoms with Crippen LogP contribution >= 0.6 is 31.9 Å². The number of nitrogens with zero attached hydrogens (tertiary/aromatic N) is 2. The molecule has 1 heterocycles. The van der Waals surface area contributed by atoms with Crippen LogP contribution in [0.2, 0.25) is 0 Å². The summed E-state index contributed by atoms with van der Waals surface area (Å²) >= 11 is 6.89. The highest BCUT2D eigenvalue weighted by Gasteiger charge is 2.23. The predicted molar refractivity (Wildman–Crippen MR) is 86.4 cm³/mol. The molecule has 5 nitrogen and oxygen atoms in total. The molecule has 1 aromatic heterocycles. The highest BCUT2D eigenvalue weighted by atomic mass is 79.9. The quantitative estimate of drug-likeness (QED) is 0.764. The Labute approximate surface area is 138 Å². The summed E-state index contributed by atoms with van der Waals surface area (Å²) in [5.74, 6) is -0.596. The van der Waals surface area contributed by atoms with E-state index in [9.17, 15) is 4.79 Å². The first-order valence-corrected chi connectivity index (χ1v) is 7.44. The second-order valence-electron chi connectivity index (χ2n) is 4.33. The number of methoxy groups -OCH3 is 1. The van der Waals surface area contributed by atoms with Crippen LogP contribution < -0.4 is 5.73 Å². The van der Waals surface area contributed by atoms with Crippen LogP contribution in [0.25, 0.3) is 5.69 Å². The fraction of sp³-hybridized carbons (Fsp3) is 0.143. The minimum atomic E-state index is -0.596. The molecule has 0 unspecified atom stereocenters. The van der Waals surface area contributed by atoms with Gasteiger partial charge in [-0.25, -0.2) is 4.79 Å². The average molecular weight is 413 g/mol. The Morgan fingerprint density at radius 2 is 2.05 bits per heavy atom. The van der Waals surface area contributed by atoms with Crippen molar-refractivity contribution in [3.8, 4) is 11.8 Å². The monoisotopic (exact) mass is 411 g/mol. The fourth-order valence-corrected chi connectivity index (χ4v) is 3.12. The number of anilines is 1. The van der Waals surface area contributed by atoms with Crippen molar-refractivity contribution in [2.75, 3.05) is 12.8 Å². The number of nitrogen functional groups attached to an aromatic ring is 1. The number of carbonyl (C=O) groups is 1. The maximum Gasteiger partial charge on any atom is 0.357 e. The van der Waals surface area contributed by atoms with Crippen LogP contribution in [0.4, 0.5) is 5.69 Å². The number of rotatable bonds is 2. The van der Waals surface area contributed by atoms with Gasteiger partial charge in [0, 0.05) is 15.1 Å². The maximum absolute atomic E-state index is 12.0. The maximum atomic E-state index is 12.0.